The van der Waals surface area contributed by atoms with Crippen LogP contribution in [0.5, 0.6) is 5.75 Å². The molecule has 1 saturated heterocycles. The Balaban J connectivity index is 1.50. The third-order valence-corrected chi connectivity index (χ3v) is 6.95. The van der Waals surface area contributed by atoms with Gasteiger partial charge in [0, 0.05) is 16.5 Å². The molecule has 5 rings (SSSR count). The molecule has 2 heterocycles. The number of hydrogen-bond acceptors (Lipinski definition) is 5. The first kappa shape index (κ1) is 26.4. The summed E-state index contributed by atoms with van der Waals surface area (Å²) in [5, 5.41) is 12.0. The highest BCUT2D eigenvalue weighted by Gasteiger charge is 2.46. The predicted octanol–water partition coefficient (Wildman–Crippen LogP) is 5.38. The summed E-state index contributed by atoms with van der Waals surface area (Å²) in [5.41, 5.74) is 2.14. The number of imidazole rings is 1. The highest BCUT2D eigenvalue weighted by molar-refractivity contribution is 6.30. The molecule has 39 heavy (non-hydrogen) atoms. The molecule has 200 valence electrons. The highest BCUT2D eigenvalue weighted by Crippen LogP contribution is 2.39. The molecule has 1 aliphatic rings. The van der Waals surface area contributed by atoms with Crippen LogP contribution in [-0.4, -0.2) is 45.1 Å². The number of aliphatic hydroxyl groups is 1. The number of aliphatic hydroxyl groups excluding tert-OH is 1. The molecule has 1 fully saturated rings. The maximum Gasteiger partial charge on any atom is 0.325 e. The minimum absolute atomic E-state index is 0.117. The zero-order valence-electron chi connectivity index (χ0n) is 21.0. The van der Waals surface area contributed by atoms with Crippen molar-refractivity contribution in [1.82, 2.24) is 20.2 Å². The van der Waals surface area contributed by atoms with E-state index >= 15 is 0 Å². The van der Waals surface area contributed by atoms with Crippen molar-refractivity contribution in [3.8, 4) is 17.0 Å². The number of urea groups is 1. The summed E-state index contributed by atoms with van der Waals surface area (Å²) >= 11 is 5.91. The fraction of sp³-hybridized carbons (Fsp3) is 0.207. The molecular formula is C29H26ClFN4O4. The monoisotopic (exact) mass is 548 g/mol. The number of benzene rings is 3. The Morgan fingerprint density at radius 1 is 1.10 bits per heavy atom. The highest BCUT2D eigenvalue weighted by atomic mass is 35.5. The van der Waals surface area contributed by atoms with Crippen LogP contribution < -0.4 is 10.1 Å². The minimum Gasteiger partial charge on any atom is -0.491 e. The van der Waals surface area contributed by atoms with Gasteiger partial charge < -0.3 is 20.1 Å². The van der Waals surface area contributed by atoms with Crippen LogP contribution in [0.4, 0.5) is 9.18 Å². The molecule has 1 aliphatic heterocycles. The molecule has 3 atom stereocenters. The quantitative estimate of drug-likeness (QED) is 0.243. The van der Waals surface area contributed by atoms with E-state index in [1.807, 2.05) is 37.3 Å². The Morgan fingerprint density at radius 2 is 1.85 bits per heavy atom. The lowest BCUT2D eigenvalue weighted by atomic mass is 9.91. The number of ether oxygens (including phenoxy) is 1. The maximum absolute atomic E-state index is 14.6. The lowest BCUT2D eigenvalue weighted by Crippen LogP contribution is -2.38. The first-order valence-corrected chi connectivity index (χ1v) is 12.8. The van der Waals surface area contributed by atoms with Gasteiger partial charge in [-0.1, -0.05) is 61.0 Å². The van der Waals surface area contributed by atoms with Crippen molar-refractivity contribution in [1.29, 1.82) is 0 Å². The van der Waals surface area contributed by atoms with Crippen molar-refractivity contribution in [2.75, 3.05) is 13.2 Å². The minimum atomic E-state index is -0.905. The summed E-state index contributed by atoms with van der Waals surface area (Å²) < 4.78 is 20.0. The molecular weight excluding hydrogens is 523 g/mol. The molecule has 0 aliphatic carbocycles. The van der Waals surface area contributed by atoms with E-state index in [-0.39, 0.29) is 29.7 Å². The Kier molecular flexibility index (Phi) is 7.63. The molecule has 3 N–H and O–H groups in total. The maximum atomic E-state index is 14.6. The Labute approximate surface area is 229 Å². The summed E-state index contributed by atoms with van der Waals surface area (Å²) in [6.07, 6.45) is 1.48. The lowest BCUT2D eigenvalue weighted by Gasteiger charge is -2.29. The molecule has 0 spiro atoms. The van der Waals surface area contributed by atoms with Crippen LogP contribution in [0.15, 0.2) is 79.0 Å². The van der Waals surface area contributed by atoms with Crippen molar-refractivity contribution in [3.05, 3.63) is 107 Å². The Morgan fingerprint density at radius 3 is 2.54 bits per heavy atom. The van der Waals surface area contributed by atoms with Gasteiger partial charge in [0.05, 0.1) is 18.5 Å². The van der Waals surface area contributed by atoms with Gasteiger partial charge in [-0.3, -0.25) is 9.69 Å². The average Bonchev–Trinajstić information content (AvgIpc) is 3.53. The molecule has 4 aromatic rings. The number of nitrogens with zero attached hydrogens (tertiary/aromatic N) is 2. The molecule has 8 nitrogen and oxygen atoms in total. The number of H-pyrrole nitrogens is 1. The number of carbonyl (C=O) groups excluding carboxylic acids is 2. The third kappa shape index (κ3) is 5.36. The van der Waals surface area contributed by atoms with Crippen LogP contribution in [0.25, 0.3) is 11.3 Å². The number of carbonyl (C=O) groups is 2. The first-order chi connectivity index (χ1) is 18.9. The topological polar surface area (TPSA) is 108 Å². The SMILES string of the molecule is C[C@@H](c1ccccc1)C(c1ncc(-c2ccc(Cl)cc2F)[nH]1)N1C(=O)N[C@H](c2ccc(OCCO)cc2)C1=O. The van der Waals surface area contributed by atoms with Crippen molar-refractivity contribution >= 4 is 23.5 Å². The summed E-state index contributed by atoms with van der Waals surface area (Å²) in [4.78, 5) is 35.9. The van der Waals surface area contributed by atoms with Crippen molar-refractivity contribution in [3.63, 3.8) is 0 Å². The van der Waals surface area contributed by atoms with Gasteiger partial charge >= 0.3 is 6.03 Å². The molecule has 10 heteroatoms. The largest absolute Gasteiger partial charge is 0.491 e. The van der Waals surface area contributed by atoms with Crippen LogP contribution in [0, 0.1) is 5.82 Å². The Bertz CT molecular complexity index is 1480. The average molecular weight is 549 g/mol. The number of rotatable bonds is 9. The molecule has 1 unspecified atom stereocenters. The van der Waals surface area contributed by atoms with Crippen LogP contribution in [-0.2, 0) is 4.79 Å². The van der Waals surface area contributed by atoms with Crippen LogP contribution in [0.1, 0.15) is 41.9 Å². The molecule has 0 saturated carbocycles. The van der Waals surface area contributed by atoms with Crippen molar-refractivity contribution in [2.24, 2.45) is 0 Å². The normalized spacial score (nSPS) is 16.7. The number of nitrogens with one attached hydrogen (secondary N) is 2. The summed E-state index contributed by atoms with van der Waals surface area (Å²) in [7, 11) is 0. The smallest absolute Gasteiger partial charge is 0.325 e. The molecule has 0 radical (unpaired) electrons. The summed E-state index contributed by atoms with van der Waals surface area (Å²) in [6.45, 7) is 1.94. The molecule has 3 aromatic carbocycles. The van der Waals surface area contributed by atoms with Gasteiger partial charge in [-0.2, -0.15) is 0 Å². The number of amides is 3. The number of hydrogen-bond donors (Lipinski definition) is 3. The number of imide groups is 1. The second kappa shape index (κ2) is 11.3. The number of aromatic amines is 1. The second-order valence-corrected chi connectivity index (χ2v) is 9.62. The molecule has 1 aromatic heterocycles. The van der Waals surface area contributed by atoms with Gasteiger partial charge in [0.2, 0.25) is 0 Å². The van der Waals surface area contributed by atoms with Gasteiger partial charge in [-0.25, -0.2) is 14.2 Å². The van der Waals surface area contributed by atoms with Crippen molar-refractivity contribution in [2.45, 2.75) is 24.9 Å². The fourth-order valence-corrected chi connectivity index (χ4v) is 4.92. The van der Waals surface area contributed by atoms with Gasteiger partial charge in [0.25, 0.3) is 5.91 Å². The Hall–Kier alpha value is -4.21. The van der Waals surface area contributed by atoms with E-state index in [9.17, 15) is 14.0 Å². The third-order valence-electron chi connectivity index (χ3n) is 6.72. The zero-order valence-corrected chi connectivity index (χ0v) is 21.7. The van der Waals surface area contributed by atoms with Gasteiger partial charge in [0.15, 0.2) is 0 Å². The van der Waals surface area contributed by atoms with E-state index in [4.69, 9.17) is 21.4 Å². The number of aromatic nitrogens is 2. The van der Waals surface area contributed by atoms with E-state index in [1.165, 1.54) is 17.2 Å². The second-order valence-electron chi connectivity index (χ2n) is 9.18. The van der Waals surface area contributed by atoms with Crippen LogP contribution in [0.2, 0.25) is 5.02 Å². The molecule has 0 bridgehead atoms. The fourth-order valence-electron chi connectivity index (χ4n) is 4.76. The first-order valence-electron chi connectivity index (χ1n) is 12.4. The van der Waals surface area contributed by atoms with E-state index in [0.29, 0.717) is 22.8 Å². The zero-order chi connectivity index (χ0) is 27.5. The van der Waals surface area contributed by atoms with Crippen LogP contribution >= 0.6 is 11.6 Å². The van der Waals surface area contributed by atoms with E-state index < -0.39 is 29.8 Å². The van der Waals surface area contributed by atoms with E-state index in [0.717, 1.165) is 5.56 Å². The van der Waals surface area contributed by atoms with Gasteiger partial charge in [-0.15, -0.1) is 0 Å². The number of halogens is 2. The molecule has 3 amide bonds. The predicted molar refractivity (Wildman–Crippen MR) is 144 cm³/mol. The summed E-state index contributed by atoms with van der Waals surface area (Å²) in [6, 6.07) is 18.3. The summed E-state index contributed by atoms with van der Waals surface area (Å²) in [5.74, 6) is -0.426. The van der Waals surface area contributed by atoms with Crippen molar-refractivity contribution < 1.29 is 23.8 Å². The standard InChI is InChI=1S/C29H26ClFN4O4/c1-17(18-5-3-2-4-6-18)26(27-32-16-24(33-27)22-12-9-20(30)15-23(22)31)35-28(37)25(34-29(35)38)19-7-10-21(11-8-19)39-14-13-36/h2-12,15-17,25-26,36H,13-14H2,1H3,(H,32,33)(H,34,38)/t17-,25+,26?/m0/s1. The van der Waals surface area contributed by atoms with Crippen LogP contribution in [0.3, 0.4) is 0 Å². The van der Waals surface area contributed by atoms with E-state index in [1.54, 1.807) is 36.4 Å². The lowest BCUT2D eigenvalue weighted by molar-refractivity contribution is -0.129. The van der Waals surface area contributed by atoms with Gasteiger partial charge in [-0.05, 0) is 41.5 Å². The van der Waals surface area contributed by atoms with E-state index in [2.05, 4.69) is 15.3 Å². The van der Waals surface area contributed by atoms with Gasteiger partial charge in [0.1, 0.15) is 36.1 Å².